The van der Waals surface area contributed by atoms with Crippen molar-refractivity contribution in [2.45, 2.75) is 13.8 Å². The molecule has 0 bridgehead atoms. The molecule has 0 saturated carbocycles. The molecule has 1 aliphatic rings. The van der Waals surface area contributed by atoms with Gasteiger partial charge in [-0.25, -0.2) is 4.79 Å². The van der Waals surface area contributed by atoms with Crippen molar-refractivity contribution < 1.29 is 4.79 Å². The fourth-order valence-corrected chi connectivity index (χ4v) is 1.91. The summed E-state index contributed by atoms with van der Waals surface area (Å²) >= 11 is 0. The average Bonchev–Trinajstić information content (AvgIpc) is 2.30. The summed E-state index contributed by atoms with van der Waals surface area (Å²) in [5.74, 6) is 0.538. The topological polar surface area (TPSA) is 61.6 Å². The smallest absolute Gasteiger partial charge is 0.317 e. The molecular formula is C11H24N4O. The molecule has 0 aromatic carbocycles. The first-order valence-corrected chi connectivity index (χ1v) is 6.12. The van der Waals surface area contributed by atoms with Gasteiger partial charge in [0.25, 0.3) is 0 Å². The molecule has 16 heavy (non-hydrogen) atoms. The summed E-state index contributed by atoms with van der Waals surface area (Å²) in [6, 6.07) is 0.0639. The van der Waals surface area contributed by atoms with Crippen LogP contribution in [-0.2, 0) is 0 Å². The van der Waals surface area contributed by atoms with Crippen molar-refractivity contribution in [3.05, 3.63) is 0 Å². The van der Waals surface area contributed by atoms with Gasteiger partial charge in [-0.3, -0.25) is 4.90 Å². The van der Waals surface area contributed by atoms with Gasteiger partial charge in [-0.2, -0.15) is 0 Å². The largest absolute Gasteiger partial charge is 0.338 e. The van der Waals surface area contributed by atoms with Crippen molar-refractivity contribution in [3.63, 3.8) is 0 Å². The zero-order valence-corrected chi connectivity index (χ0v) is 10.4. The maximum absolute atomic E-state index is 11.6. The lowest BCUT2D eigenvalue weighted by Crippen LogP contribution is -2.52. The van der Waals surface area contributed by atoms with E-state index in [1.807, 2.05) is 11.8 Å². The van der Waals surface area contributed by atoms with Gasteiger partial charge in [0.1, 0.15) is 0 Å². The Labute approximate surface area is 98.0 Å². The highest BCUT2D eigenvalue weighted by Crippen LogP contribution is 2.05. The van der Waals surface area contributed by atoms with Gasteiger partial charge in [0.15, 0.2) is 0 Å². The normalized spacial score (nSPS) is 19.6. The Kier molecular flexibility index (Phi) is 5.55. The molecule has 1 fully saturated rings. The molecule has 0 aliphatic carbocycles. The van der Waals surface area contributed by atoms with Gasteiger partial charge in [-0.15, -0.1) is 0 Å². The Morgan fingerprint density at radius 2 is 2.00 bits per heavy atom. The SMILES string of the molecule is CCNC(=O)N1CCN(CC(C)CN)CC1. The summed E-state index contributed by atoms with van der Waals surface area (Å²) in [5, 5.41) is 2.83. The summed E-state index contributed by atoms with van der Waals surface area (Å²) < 4.78 is 0. The van der Waals surface area contributed by atoms with E-state index in [-0.39, 0.29) is 6.03 Å². The average molecular weight is 228 g/mol. The Balaban J connectivity index is 2.25. The second-order valence-corrected chi connectivity index (χ2v) is 4.46. The van der Waals surface area contributed by atoms with Crippen molar-refractivity contribution in [2.75, 3.05) is 45.8 Å². The predicted molar refractivity (Wildman–Crippen MR) is 65.3 cm³/mol. The van der Waals surface area contributed by atoms with E-state index in [0.29, 0.717) is 12.5 Å². The van der Waals surface area contributed by atoms with Crippen LogP contribution in [0.1, 0.15) is 13.8 Å². The van der Waals surface area contributed by atoms with E-state index in [1.54, 1.807) is 0 Å². The molecule has 1 rings (SSSR count). The molecule has 1 unspecified atom stereocenters. The molecule has 5 nitrogen and oxygen atoms in total. The van der Waals surface area contributed by atoms with Crippen LogP contribution in [-0.4, -0.2) is 61.6 Å². The molecule has 0 spiro atoms. The van der Waals surface area contributed by atoms with E-state index in [1.165, 1.54) is 0 Å². The number of nitrogens with zero attached hydrogens (tertiary/aromatic N) is 2. The van der Waals surface area contributed by atoms with E-state index in [9.17, 15) is 4.79 Å². The third-order valence-electron chi connectivity index (χ3n) is 2.96. The third kappa shape index (κ3) is 3.98. The fourth-order valence-electron chi connectivity index (χ4n) is 1.91. The van der Waals surface area contributed by atoms with E-state index in [4.69, 9.17) is 5.73 Å². The highest BCUT2D eigenvalue weighted by molar-refractivity contribution is 5.74. The van der Waals surface area contributed by atoms with E-state index in [2.05, 4.69) is 17.1 Å². The third-order valence-corrected chi connectivity index (χ3v) is 2.96. The van der Waals surface area contributed by atoms with Crippen LogP contribution in [0.25, 0.3) is 0 Å². The number of carbonyl (C=O) groups excluding carboxylic acids is 1. The van der Waals surface area contributed by atoms with Crippen LogP contribution in [0, 0.1) is 5.92 Å². The first kappa shape index (κ1) is 13.3. The van der Waals surface area contributed by atoms with E-state index < -0.39 is 0 Å². The summed E-state index contributed by atoms with van der Waals surface area (Å²) in [5.41, 5.74) is 5.60. The summed E-state index contributed by atoms with van der Waals surface area (Å²) in [6.45, 7) is 10.1. The standard InChI is InChI=1S/C11H24N4O/c1-3-13-11(16)15-6-4-14(5-7-15)9-10(2)8-12/h10H,3-9,12H2,1-2H3,(H,13,16). The van der Waals surface area contributed by atoms with Crippen molar-refractivity contribution in [1.82, 2.24) is 15.1 Å². The highest BCUT2D eigenvalue weighted by atomic mass is 16.2. The van der Waals surface area contributed by atoms with E-state index in [0.717, 1.165) is 39.3 Å². The Morgan fingerprint density at radius 1 is 1.38 bits per heavy atom. The van der Waals surface area contributed by atoms with Crippen LogP contribution < -0.4 is 11.1 Å². The van der Waals surface area contributed by atoms with Gasteiger partial charge >= 0.3 is 6.03 Å². The maximum Gasteiger partial charge on any atom is 0.317 e. The Morgan fingerprint density at radius 3 is 2.50 bits per heavy atom. The van der Waals surface area contributed by atoms with Crippen molar-refractivity contribution >= 4 is 6.03 Å². The van der Waals surface area contributed by atoms with Crippen LogP contribution in [0.3, 0.4) is 0 Å². The molecular weight excluding hydrogens is 204 g/mol. The number of rotatable bonds is 4. The lowest BCUT2D eigenvalue weighted by molar-refractivity contribution is 0.130. The molecule has 0 radical (unpaired) electrons. The number of nitrogens with two attached hydrogens (primary N) is 1. The van der Waals surface area contributed by atoms with Gasteiger partial charge < -0.3 is 16.0 Å². The van der Waals surface area contributed by atoms with Crippen LogP contribution in [0.2, 0.25) is 0 Å². The quantitative estimate of drug-likeness (QED) is 0.708. The Bertz CT molecular complexity index is 214. The number of hydrogen-bond acceptors (Lipinski definition) is 3. The molecule has 0 aromatic heterocycles. The molecule has 3 N–H and O–H groups in total. The summed E-state index contributed by atoms with van der Waals surface area (Å²) in [6.07, 6.45) is 0. The zero-order valence-electron chi connectivity index (χ0n) is 10.4. The molecule has 1 aliphatic heterocycles. The van der Waals surface area contributed by atoms with Crippen molar-refractivity contribution in [3.8, 4) is 0 Å². The number of carbonyl (C=O) groups is 1. The second-order valence-electron chi connectivity index (χ2n) is 4.46. The lowest BCUT2D eigenvalue weighted by Gasteiger charge is -2.35. The number of urea groups is 1. The number of piperazine rings is 1. The zero-order chi connectivity index (χ0) is 12.0. The molecule has 5 heteroatoms. The number of nitrogens with one attached hydrogen (secondary N) is 1. The fraction of sp³-hybridized carbons (Fsp3) is 0.909. The van der Waals surface area contributed by atoms with Crippen LogP contribution in [0.15, 0.2) is 0 Å². The summed E-state index contributed by atoms with van der Waals surface area (Å²) in [7, 11) is 0. The highest BCUT2D eigenvalue weighted by Gasteiger charge is 2.20. The molecule has 94 valence electrons. The van der Waals surface area contributed by atoms with Crippen molar-refractivity contribution in [2.24, 2.45) is 11.7 Å². The van der Waals surface area contributed by atoms with Gasteiger partial charge in [-0.05, 0) is 19.4 Å². The first-order chi connectivity index (χ1) is 7.67. The predicted octanol–water partition coefficient (Wildman–Crippen LogP) is -0.0717. The Hall–Kier alpha value is -0.810. The molecule has 1 atom stereocenters. The van der Waals surface area contributed by atoms with Gasteiger partial charge in [-0.1, -0.05) is 6.92 Å². The minimum atomic E-state index is 0.0639. The number of amides is 2. The van der Waals surface area contributed by atoms with Crippen molar-refractivity contribution in [1.29, 1.82) is 0 Å². The second kappa shape index (κ2) is 6.70. The minimum absolute atomic E-state index is 0.0639. The minimum Gasteiger partial charge on any atom is -0.338 e. The molecule has 2 amide bonds. The van der Waals surface area contributed by atoms with Gasteiger partial charge in [0, 0.05) is 39.3 Å². The molecule has 1 saturated heterocycles. The molecule has 1 heterocycles. The van der Waals surface area contributed by atoms with Crippen LogP contribution in [0.4, 0.5) is 4.79 Å². The number of hydrogen-bond donors (Lipinski definition) is 2. The van der Waals surface area contributed by atoms with Crippen LogP contribution >= 0.6 is 0 Å². The monoisotopic (exact) mass is 228 g/mol. The first-order valence-electron chi connectivity index (χ1n) is 6.12. The van der Waals surface area contributed by atoms with E-state index >= 15 is 0 Å². The molecule has 0 aromatic rings. The summed E-state index contributed by atoms with van der Waals surface area (Å²) in [4.78, 5) is 15.8. The van der Waals surface area contributed by atoms with Crippen LogP contribution in [0.5, 0.6) is 0 Å². The van der Waals surface area contributed by atoms with Gasteiger partial charge in [0.05, 0.1) is 0 Å². The maximum atomic E-state index is 11.6. The van der Waals surface area contributed by atoms with Gasteiger partial charge in [0.2, 0.25) is 0 Å². The lowest BCUT2D eigenvalue weighted by atomic mass is 10.1.